The van der Waals surface area contributed by atoms with E-state index in [-0.39, 0.29) is 5.38 Å². The summed E-state index contributed by atoms with van der Waals surface area (Å²) >= 11 is 10.2. The van der Waals surface area contributed by atoms with Gasteiger partial charge in [-0.05, 0) is 42.4 Å². The van der Waals surface area contributed by atoms with Gasteiger partial charge in [-0.2, -0.15) is 0 Å². The van der Waals surface area contributed by atoms with Gasteiger partial charge in [-0.25, -0.2) is 0 Å². The molecule has 0 N–H and O–H groups in total. The summed E-state index contributed by atoms with van der Waals surface area (Å²) in [5.41, 5.74) is 1.11. The van der Waals surface area contributed by atoms with Crippen LogP contribution in [-0.2, 0) is 0 Å². The number of rotatable bonds is 3. The van der Waals surface area contributed by atoms with Crippen molar-refractivity contribution in [3.05, 3.63) is 22.2 Å². The molecule has 0 spiro atoms. The maximum absolute atomic E-state index is 6.61. The second-order valence-electron chi connectivity index (χ2n) is 5.12. The molecule has 0 saturated heterocycles. The molecule has 2 aliphatic rings. The molecule has 0 radical (unpaired) electrons. The Morgan fingerprint density at radius 2 is 1.83 bits per heavy atom. The third-order valence-corrected chi connectivity index (χ3v) is 5.11. The first kappa shape index (κ1) is 12.6. The Hall–Kier alpha value is -0.410. The predicted molar refractivity (Wildman–Crippen MR) is 75.6 cm³/mol. The minimum atomic E-state index is 0.0303. The topological polar surface area (TPSA) is 18.5 Å². The minimum Gasteiger partial charge on any atom is -0.486 e. The molecule has 98 valence electrons. The van der Waals surface area contributed by atoms with E-state index in [1.807, 2.05) is 12.1 Å². The van der Waals surface area contributed by atoms with Crippen molar-refractivity contribution in [1.82, 2.24) is 0 Å². The smallest absolute Gasteiger partial charge is 0.162 e. The Labute approximate surface area is 121 Å². The summed E-state index contributed by atoms with van der Waals surface area (Å²) < 4.78 is 12.2. The Bertz CT molecular complexity index is 459. The van der Waals surface area contributed by atoms with Gasteiger partial charge in [0.15, 0.2) is 11.5 Å². The molecule has 2 atom stereocenters. The molecule has 1 heterocycles. The van der Waals surface area contributed by atoms with Crippen molar-refractivity contribution in [2.24, 2.45) is 11.8 Å². The van der Waals surface area contributed by atoms with Crippen LogP contribution in [0.2, 0.25) is 0 Å². The number of hydrogen-bond donors (Lipinski definition) is 0. The average molecular weight is 332 g/mol. The van der Waals surface area contributed by atoms with Gasteiger partial charge in [0, 0.05) is 4.47 Å². The van der Waals surface area contributed by atoms with E-state index in [4.69, 9.17) is 21.1 Å². The van der Waals surface area contributed by atoms with Crippen LogP contribution >= 0.6 is 27.5 Å². The summed E-state index contributed by atoms with van der Waals surface area (Å²) in [5.74, 6) is 2.91. The minimum absolute atomic E-state index is 0.0303. The van der Waals surface area contributed by atoms with Crippen LogP contribution in [0.4, 0.5) is 0 Å². The molecule has 0 amide bonds. The highest BCUT2D eigenvalue weighted by molar-refractivity contribution is 9.10. The lowest BCUT2D eigenvalue weighted by molar-refractivity contribution is 0.171. The van der Waals surface area contributed by atoms with Crippen LogP contribution in [0.3, 0.4) is 0 Å². The first-order valence-corrected chi connectivity index (χ1v) is 7.63. The molecule has 0 aromatic heterocycles. The Balaban J connectivity index is 1.90. The summed E-state index contributed by atoms with van der Waals surface area (Å²) in [7, 11) is 0. The van der Waals surface area contributed by atoms with Crippen LogP contribution in [0.15, 0.2) is 16.6 Å². The SMILES string of the molecule is CC(C1CC1)C(Cl)c1cc2c(cc1Br)OCCO2. The lowest BCUT2D eigenvalue weighted by Gasteiger charge is -2.23. The fourth-order valence-corrected chi connectivity index (χ4v) is 3.52. The molecule has 2 nitrogen and oxygen atoms in total. The van der Waals surface area contributed by atoms with Gasteiger partial charge in [0.2, 0.25) is 0 Å². The van der Waals surface area contributed by atoms with Crippen LogP contribution in [0, 0.1) is 11.8 Å². The van der Waals surface area contributed by atoms with Crippen molar-refractivity contribution < 1.29 is 9.47 Å². The Morgan fingerprint density at radius 3 is 2.44 bits per heavy atom. The van der Waals surface area contributed by atoms with E-state index in [2.05, 4.69) is 22.9 Å². The van der Waals surface area contributed by atoms with E-state index in [1.165, 1.54) is 12.8 Å². The number of alkyl halides is 1. The third kappa shape index (κ3) is 2.35. The normalized spacial score (nSPS) is 21.5. The van der Waals surface area contributed by atoms with Crippen LogP contribution < -0.4 is 9.47 Å². The van der Waals surface area contributed by atoms with Crippen LogP contribution in [0.5, 0.6) is 11.5 Å². The lowest BCUT2D eigenvalue weighted by atomic mass is 9.96. The molecule has 1 aliphatic heterocycles. The number of fused-ring (bicyclic) bond motifs is 1. The zero-order chi connectivity index (χ0) is 12.7. The molecule has 1 aromatic rings. The predicted octanol–water partition coefficient (Wildman–Crippen LogP) is 4.55. The molecule has 2 unspecified atom stereocenters. The molecule has 3 rings (SSSR count). The van der Waals surface area contributed by atoms with Crippen molar-refractivity contribution in [3.8, 4) is 11.5 Å². The number of benzene rings is 1. The van der Waals surface area contributed by atoms with Crippen molar-refractivity contribution >= 4 is 27.5 Å². The van der Waals surface area contributed by atoms with E-state index in [0.29, 0.717) is 19.1 Å². The van der Waals surface area contributed by atoms with E-state index in [9.17, 15) is 0 Å². The summed E-state index contributed by atoms with van der Waals surface area (Å²) in [6.45, 7) is 3.46. The van der Waals surface area contributed by atoms with Crippen molar-refractivity contribution in [1.29, 1.82) is 0 Å². The van der Waals surface area contributed by atoms with Gasteiger partial charge >= 0.3 is 0 Å². The van der Waals surface area contributed by atoms with Crippen molar-refractivity contribution in [3.63, 3.8) is 0 Å². The lowest BCUT2D eigenvalue weighted by Crippen LogP contribution is -2.16. The van der Waals surface area contributed by atoms with Gasteiger partial charge in [-0.1, -0.05) is 22.9 Å². The maximum Gasteiger partial charge on any atom is 0.162 e. The molecule has 1 saturated carbocycles. The molecule has 0 bridgehead atoms. The zero-order valence-corrected chi connectivity index (χ0v) is 12.6. The van der Waals surface area contributed by atoms with E-state index < -0.39 is 0 Å². The molecular weight excluding hydrogens is 316 g/mol. The van der Waals surface area contributed by atoms with E-state index in [1.54, 1.807) is 0 Å². The average Bonchev–Trinajstić information content (AvgIpc) is 3.20. The van der Waals surface area contributed by atoms with Crippen LogP contribution in [0.1, 0.15) is 30.7 Å². The molecule has 18 heavy (non-hydrogen) atoms. The van der Waals surface area contributed by atoms with Crippen LogP contribution in [-0.4, -0.2) is 13.2 Å². The van der Waals surface area contributed by atoms with E-state index in [0.717, 1.165) is 27.5 Å². The highest BCUT2D eigenvalue weighted by Crippen LogP contribution is 2.48. The summed E-state index contributed by atoms with van der Waals surface area (Å²) in [6.07, 6.45) is 2.62. The Morgan fingerprint density at radius 1 is 1.22 bits per heavy atom. The first-order chi connectivity index (χ1) is 8.66. The van der Waals surface area contributed by atoms with Gasteiger partial charge < -0.3 is 9.47 Å². The number of hydrogen-bond acceptors (Lipinski definition) is 2. The zero-order valence-electron chi connectivity index (χ0n) is 10.3. The molecular formula is C14H16BrClO2. The fourth-order valence-electron chi connectivity index (χ4n) is 2.44. The molecule has 1 fully saturated rings. The van der Waals surface area contributed by atoms with Crippen molar-refractivity contribution in [2.75, 3.05) is 13.2 Å². The third-order valence-electron chi connectivity index (χ3n) is 3.79. The second-order valence-corrected chi connectivity index (χ2v) is 6.44. The monoisotopic (exact) mass is 330 g/mol. The Kier molecular flexibility index (Phi) is 3.46. The van der Waals surface area contributed by atoms with Crippen LogP contribution in [0.25, 0.3) is 0 Å². The summed E-state index contributed by atoms with van der Waals surface area (Å²) in [5, 5.41) is 0.0303. The quantitative estimate of drug-likeness (QED) is 0.757. The van der Waals surface area contributed by atoms with E-state index >= 15 is 0 Å². The molecule has 1 aliphatic carbocycles. The number of ether oxygens (including phenoxy) is 2. The van der Waals surface area contributed by atoms with Gasteiger partial charge in [0.1, 0.15) is 13.2 Å². The van der Waals surface area contributed by atoms with Gasteiger partial charge in [0.25, 0.3) is 0 Å². The highest BCUT2D eigenvalue weighted by Gasteiger charge is 2.34. The fraction of sp³-hybridized carbons (Fsp3) is 0.571. The highest BCUT2D eigenvalue weighted by atomic mass is 79.9. The standard InChI is InChI=1S/C14H16BrClO2/c1-8(9-2-3-9)14(16)10-6-12-13(7-11(10)15)18-5-4-17-12/h6-9,14H,2-5H2,1H3. The molecule has 1 aromatic carbocycles. The summed E-state index contributed by atoms with van der Waals surface area (Å²) in [6, 6.07) is 3.99. The van der Waals surface area contributed by atoms with Gasteiger partial charge in [0.05, 0.1) is 5.38 Å². The largest absolute Gasteiger partial charge is 0.486 e. The van der Waals surface area contributed by atoms with Gasteiger partial charge in [-0.15, -0.1) is 11.6 Å². The first-order valence-electron chi connectivity index (χ1n) is 6.40. The van der Waals surface area contributed by atoms with Crippen molar-refractivity contribution in [2.45, 2.75) is 25.1 Å². The van der Waals surface area contributed by atoms with Gasteiger partial charge in [-0.3, -0.25) is 0 Å². The summed E-state index contributed by atoms with van der Waals surface area (Å²) in [4.78, 5) is 0. The maximum atomic E-state index is 6.61. The molecule has 4 heteroatoms. The second kappa shape index (κ2) is 4.93. The number of halogens is 2.